The average Bonchev–Trinajstić information content (AvgIpc) is 3.13. The van der Waals surface area contributed by atoms with Crippen LogP contribution in [0.2, 0.25) is 0 Å². The van der Waals surface area contributed by atoms with E-state index >= 15 is 0 Å². The Morgan fingerprint density at radius 2 is 2.00 bits per heavy atom. The van der Waals surface area contributed by atoms with Gasteiger partial charge >= 0.3 is 0 Å². The summed E-state index contributed by atoms with van der Waals surface area (Å²) in [6.07, 6.45) is 0.144. The summed E-state index contributed by atoms with van der Waals surface area (Å²) in [6, 6.07) is 3.24. The fraction of sp³-hybridized carbons (Fsp3) is 0.526. The van der Waals surface area contributed by atoms with Crippen molar-refractivity contribution in [1.29, 1.82) is 0 Å². The summed E-state index contributed by atoms with van der Waals surface area (Å²) in [5, 5.41) is 7.29. The number of carbonyl (C=O) groups is 1. The SMILES string of the molecule is CSc1cc(NC(=O)c2c(C)c(C(C)(F)F)nn2CC2CC(F)C(F)C2)ccn1. The van der Waals surface area contributed by atoms with Gasteiger partial charge in [-0.15, -0.1) is 11.8 Å². The smallest absolute Gasteiger partial charge is 0.289 e. The Balaban J connectivity index is 1.92. The van der Waals surface area contributed by atoms with E-state index in [1.165, 1.54) is 24.9 Å². The first-order valence-corrected chi connectivity index (χ1v) is 10.4. The molecule has 10 heteroatoms. The first kappa shape index (κ1) is 21.6. The van der Waals surface area contributed by atoms with Crippen molar-refractivity contribution in [2.75, 3.05) is 11.6 Å². The van der Waals surface area contributed by atoms with E-state index in [-0.39, 0.29) is 30.6 Å². The molecule has 0 spiro atoms. The van der Waals surface area contributed by atoms with E-state index in [9.17, 15) is 22.4 Å². The molecule has 1 aliphatic rings. The van der Waals surface area contributed by atoms with Gasteiger partial charge in [-0.05, 0) is 44.1 Å². The second-order valence-corrected chi connectivity index (χ2v) is 8.13. The Bertz CT molecular complexity index is 889. The molecule has 1 aliphatic carbocycles. The molecule has 1 saturated carbocycles. The maximum absolute atomic E-state index is 14.0. The Labute approximate surface area is 170 Å². The number of amides is 1. The largest absolute Gasteiger partial charge is 0.321 e. The summed E-state index contributed by atoms with van der Waals surface area (Å²) in [5.41, 5.74) is -0.0592. The van der Waals surface area contributed by atoms with E-state index in [0.29, 0.717) is 17.6 Å². The first-order valence-electron chi connectivity index (χ1n) is 9.15. The third kappa shape index (κ3) is 4.73. The van der Waals surface area contributed by atoms with Crippen LogP contribution in [-0.4, -0.2) is 39.3 Å². The van der Waals surface area contributed by atoms with Crippen molar-refractivity contribution in [2.24, 2.45) is 5.92 Å². The number of alkyl halides is 4. The zero-order valence-corrected chi connectivity index (χ0v) is 17.1. The Morgan fingerprint density at radius 1 is 1.34 bits per heavy atom. The lowest BCUT2D eigenvalue weighted by atomic mass is 10.1. The predicted molar refractivity (Wildman–Crippen MR) is 103 cm³/mol. The molecule has 0 aromatic carbocycles. The molecule has 0 saturated heterocycles. The van der Waals surface area contributed by atoms with Crippen molar-refractivity contribution in [3.8, 4) is 0 Å². The van der Waals surface area contributed by atoms with Gasteiger partial charge in [0.05, 0.1) is 5.03 Å². The zero-order valence-electron chi connectivity index (χ0n) is 16.3. The highest BCUT2D eigenvalue weighted by molar-refractivity contribution is 7.98. The maximum Gasteiger partial charge on any atom is 0.289 e. The summed E-state index contributed by atoms with van der Waals surface area (Å²) in [7, 11) is 0. The number of hydrogen-bond donors (Lipinski definition) is 1. The second-order valence-electron chi connectivity index (χ2n) is 7.30. The summed E-state index contributed by atoms with van der Waals surface area (Å²) in [5.74, 6) is -4.29. The molecule has 2 heterocycles. The first-order chi connectivity index (χ1) is 13.6. The van der Waals surface area contributed by atoms with Gasteiger partial charge in [-0.25, -0.2) is 13.8 Å². The van der Waals surface area contributed by atoms with Gasteiger partial charge in [0.1, 0.15) is 23.7 Å². The average molecular weight is 430 g/mol. The van der Waals surface area contributed by atoms with Gasteiger partial charge in [0, 0.05) is 30.9 Å². The molecule has 0 aliphatic heterocycles. The van der Waals surface area contributed by atoms with Crippen LogP contribution < -0.4 is 5.32 Å². The summed E-state index contributed by atoms with van der Waals surface area (Å²) in [4.78, 5) is 17.0. The van der Waals surface area contributed by atoms with Crippen LogP contribution in [0, 0.1) is 12.8 Å². The van der Waals surface area contributed by atoms with E-state index in [2.05, 4.69) is 15.4 Å². The van der Waals surface area contributed by atoms with Gasteiger partial charge in [0.25, 0.3) is 11.8 Å². The number of nitrogens with one attached hydrogen (secondary N) is 1. The van der Waals surface area contributed by atoms with Crippen LogP contribution in [0.15, 0.2) is 23.4 Å². The predicted octanol–water partition coefficient (Wildman–Crippen LogP) is 4.76. The van der Waals surface area contributed by atoms with Crippen molar-refractivity contribution in [1.82, 2.24) is 14.8 Å². The van der Waals surface area contributed by atoms with E-state index in [4.69, 9.17) is 0 Å². The van der Waals surface area contributed by atoms with Crippen LogP contribution in [-0.2, 0) is 12.5 Å². The van der Waals surface area contributed by atoms with E-state index < -0.39 is 35.8 Å². The van der Waals surface area contributed by atoms with Crippen molar-refractivity contribution in [3.63, 3.8) is 0 Å². The van der Waals surface area contributed by atoms with Crippen LogP contribution >= 0.6 is 11.8 Å². The molecule has 2 aromatic rings. The highest BCUT2D eigenvalue weighted by Crippen LogP contribution is 2.34. The topological polar surface area (TPSA) is 59.8 Å². The van der Waals surface area contributed by atoms with Crippen LogP contribution in [0.3, 0.4) is 0 Å². The summed E-state index contributed by atoms with van der Waals surface area (Å²) < 4.78 is 56.2. The molecule has 2 unspecified atom stereocenters. The molecule has 0 radical (unpaired) electrons. The van der Waals surface area contributed by atoms with Gasteiger partial charge in [0.2, 0.25) is 0 Å². The molecule has 1 amide bonds. The normalized spacial score (nSPS) is 22.1. The number of nitrogens with zero attached hydrogens (tertiary/aromatic N) is 3. The molecule has 5 nitrogen and oxygen atoms in total. The minimum atomic E-state index is -3.26. The lowest BCUT2D eigenvalue weighted by Gasteiger charge is -2.13. The number of halogens is 4. The molecule has 158 valence electrons. The van der Waals surface area contributed by atoms with Crippen molar-refractivity contribution >= 4 is 23.4 Å². The molecule has 29 heavy (non-hydrogen) atoms. The van der Waals surface area contributed by atoms with Crippen LogP contribution in [0.25, 0.3) is 0 Å². The Morgan fingerprint density at radius 3 is 2.59 bits per heavy atom. The number of pyridine rings is 1. The molecular formula is C19H22F4N4OS. The number of hydrogen-bond acceptors (Lipinski definition) is 4. The van der Waals surface area contributed by atoms with Gasteiger partial charge < -0.3 is 5.32 Å². The van der Waals surface area contributed by atoms with Crippen molar-refractivity contribution in [2.45, 2.75) is 56.5 Å². The van der Waals surface area contributed by atoms with Gasteiger partial charge in [0.15, 0.2) is 0 Å². The number of anilines is 1. The second kappa shape index (κ2) is 8.33. The highest BCUT2D eigenvalue weighted by atomic mass is 32.2. The van der Waals surface area contributed by atoms with Crippen LogP contribution in [0.4, 0.5) is 23.2 Å². The molecule has 2 atom stereocenters. The van der Waals surface area contributed by atoms with Gasteiger partial charge in [-0.1, -0.05) is 0 Å². The summed E-state index contributed by atoms with van der Waals surface area (Å²) in [6.45, 7) is 2.09. The lowest BCUT2D eigenvalue weighted by molar-refractivity contribution is 0.0113. The summed E-state index contributed by atoms with van der Waals surface area (Å²) >= 11 is 1.39. The molecule has 1 N–H and O–H groups in total. The lowest BCUT2D eigenvalue weighted by Crippen LogP contribution is -2.21. The van der Waals surface area contributed by atoms with E-state index in [1.807, 2.05) is 6.26 Å². The maximum atomic E-state index is 14.0. The molecule has 1 fully saturated rings. The third-order valence-electron chi connectivity index (χ3n) is 4.96. The minimum Gasteiger partial charge on any atom is -0.321 e. The number of carbonyl (C=O) groups excluding carboxylic acids is 1. The number of aromatic nitrogens is 3. The van der Waals surface area contributed by atoms with Crippen molar-refractivity contribution in [3.05, 3.63) is 35.3 Å². The zero-order chi connectivity index (χ0) is 21.3. The molecular weight excluding hydrogens is 408 g/mol. The van der Waals surface area contributed by atoms with Crippen LogP contribution in [0.5, 0.6) is 0 Å². The quantitative estimate of drug-likeness (QED) is 0.530. The molecule has 3 rings (SSSR count). The monoisotopic (exact) mass is 430 g/mol. The fourth-order valence-electron chi connectivity index (χ4n) is 3.60. The standard InChI is InChI=1S/C19H22F4N4OS/c1-10-16(18(28)25-12-4-5-24-15(8-12)29-3)27(26-17(10)19(2,22)23)9-11-6-13(20)14(21)7-11/h4-5,8,11,13-14H,6-7,9H2,1-3H3,(H,24,25,28). The van der Waals surface area contributed by atoms with Gasteiger partial charge in [-0.3, -0.25) is 9.48 Å². The minimum absolute atomic E-state index is 0.00702. The number of rotatable bonds is 6. The number of thioether (sulfide) groups is 1. The van der Waals surface area contributed by atoms with E-state index in [1.54, 1.807) is 12.1 Å². The van der Waals surface area contributed by atoms with Crippen LogP contribution in [0.1, 0.15) is 41.5 Å². The third-order valence-corrected chi connectivity index (χ3v) is 5.60. The molecule has 2 aromatic heterocycles. The Hall–Kier alpha value is -2.10. The van der Waals surface area contributed by atoms with Gasteiger partial charge in [-0.2, -0.15) is 13.9 Å². The van der Waals surface area contributed by atoms with Crippen molar-refractivity contribution < 1.29 is 22.4 Å². The Kier molecular flexibility index (Phi) is 6.21. The molecule has 0 bridgehead atoms. The van der Waals surface area contributed by atoms with E-state index in [0.717, 1.165) is 4.68 Å². The highest BCUT2D eigenvalue weighted by Gasteiger charge is 2.38. The fourth-order valence-corrected chi connectivity index (χ4v) is 4.01.